The number of hydrogen-bond donors (Lipinski definition) is 3. The van der Waals surface area contributed by atoms with Gasteiger partial charge in [0.05, 0.1) is 11.5 Å². The first-order valence-corrected chi connectivity index (χ1v) is 7.31. The van der Waals surface area contributed by atoms with Gasteiger partial charge in [0.1, 0.15) is 0 Å². The van der Waals surface area contributed by atoms with Crippen molar-refractivity contribution >= 4 is 5.97 Å². The molecule has 1 aliphatic heterocycles. The standard InChI is InChI=1S/C14H25NO4/c16-9-11-3-7-15(8-4-11)10-14(19)5-1-12(2-6-14)13(17)18/h11-12,16,19H,1-10H2,(H,17,18). The van der Waals surface area contributed by atoms with Gasteiger partial charge in [-0.15, -0.1) is 0 Å². The molecule has 2 rings (SSSR count). The van der Waals surface area contributed by atoms with Gasteiger partial charge in [-0.05, 0) is 57.5 Å². The van der Waals surface area contributed by atoms with E-state index in [1.807, 2.05) is 0 Å². The Hall–Kier alpha value is -0.650. The largest absolute Gasteiger partial charge is 0.481 e. The lowest BCUT2D eigenvalue weighted by Gasteiger charge is -2.40. The molecular weight excluding hydrogens is 246 g/mol. The minimum Gasteiger partial charge on any atom is -0.481 e. The van der Waals surface area contributed by atoms with Gasteiger partial charge >= 0.3 is 5.97 Å². The van der Waals surface area contributed by atoms with E-state index >= 15 is 0 Å². The van der Waals surface area contributed by atoms with Crippen LogP contribution in [0.15, 0.2) is 0 Å². The Balaban J connectivity index is 1.78. The summed E-state index contributed by atoms with van der Waals surface area (Å²) in [7, 11) is 0. The van der Waals surface area contributed by atoms with Crippen LogP contribution in [0.4, 0.5) is 0 Å². The SMILES string of the molecule is O=C(O)C1CCC(O)(CN2CCC(CO)CC2)CC1. The van der Waals surface area contributed by atoms with Gasteiger partial charge in [-0.1, -0.05) is 0 Å². The zero-order valence-electron chi connectivity index (χ0n) is 11.4. The summed E-state index contributed by atoms with van der Waals surface area (Å²) < 4.78 is 0. The monoisotopic (exact) mass is 271 g/mol. The van der Waals surface area contributed by atoms with Gasteiger partial charge in [0.15, 0.2) is 0 Å². The highest BCUT2D eigenvalue weighted by atomic mass is 16.4. The van der Waals surface area contributed by atoms with Crippen LogP contribution < -0.4 is 0 Å². The van der Waals surface area contributed by atoms with E-state index < -0.39 is 11.6 Å². The summed E-state index contributed by atoms with van der Waals surface area (Å²) >= 11 is 0. The first-order chi connectivity index (χ1) is 9.02. The first kappa shape index (κ1) is 14.8. The number of aliphatic carboxylic acids is 1. The maximum atomic E-state index is 10.9. The summed E-state index contributed by atoms with van der Waals surface area (Å²) in [4.78, 5) is 13.2. The molecule has 5 heteroatoms. The van der Waals surface area contributed by atoms with Crippen LogP contribution in [0, 0.1) is 11.8 Å². The van der Waals surface area contributed by atoms with E-state index in [0.717, 1.165) is 25.9 Å². The van der Waals surface area contributed by atoms with Crippen molar-refractivity contribution in [2.24, 2.45) is 11.8 Å². The minimum absolute atomic E-state index is 0.262. The summed E-state index contributed by atoms with van der Waals surface area (Å²) in [5.74, 6) is -0.597. The van der Waals surface area contributed by atoms with Gasteiger partial charge in [-0.2, -0.15) is 0 Å². The Kier molecular flexibility index (Phi) is 4.81. The van der Waals surface area contributed by atoms with Gasteiger partial charge in [-0.3, -0.25) is 4.79 Å². The lowest BCUT2D eigenvalue weighted by atomic mass is 9.78. The van der Waals surface area contributed by atoms with E-state index in [1.165, 1.54) is 0 Å². The molecule has 0 amide bonds. The van der Waals surface area contributed by atoms with E-state index in [2.05, 4.69) is 4.90 Å². The molecule has 0 radical (unpaired) electrons. The van der Waals surface area contributed by atoms with Crippen LogP contribution in [-0.2, 0) is 4.79 Å². The minimum atomic E-state index is -0.731. The number of β-amino-alcohol motifs (C(OH)–C–C–N with tert-alkyl or cyclic N) is 1. The molecule has 0 aromatic carbocycles. The average Bonchev–Trinajstić information content (AvgIpc) is 2.40. The zero-order chi connectivity index (χ0) is 13.9. The van der Waals surface area contributed by atoms with Gasteiger partial charge in [-0.25, -0.2) is 0 Å². The Labute approximate surface area is 114 Å². The number of piperidine rings is 1. The molecule has 0 atom stereocenters. The fraction of sp³-hybridized carbons (Fsp3) is 0.929. The van der Waals surface area contributed by atoms with Crippen LogP contribution in [-0.4, -0.2) is 58.0 Å². The van der Waals surface area contributed by atoms with Crippen molar-refractivity contribution < 1.29 is 20.1 Å². The normalized spacial score (nSPS) is 34.3. The highest BCUT2D eigenvalue weighted by Crippen LogP contribution is 2.33. The van der Waals surface area contributed by atoms with Crippen molar-refractivity contribution in [3.05, 3.63) is 0 Å². The Bertz CT molecular complexity index is 305. The quantitative estimate of drug-likeness (QED) is 0.701. The van der Waals surface area contributed by atoms with Gasteiger partial charge in [0.25, 0.3) is 0 Å². The fourth-order valence-corrected chi connectivity index (χ4v) is 3.30. The van der Waals surface area contributed by atoms with Gasteiger partial charge < -0.3 is 20.2 Å². The van der Waals surface area contributed by atoms with Crippen LogP contribution >= 0.6 is 0 Å². The van der Waals surface area contributed by atoms with Crippen molar-refractivity contribution in [2.75, 3.05) is 26.2 Å². The third-order valence-corrected chi connectivity index (χ3v) is 4.75. The number of aliphatic hydroxyl groups is 2. The molecular formula is C14H25NO4. The van der Waals surface area contributed by atoms with Crippen molar-refractivity contribution in [2.45, 2.75) is 44.1 Å². The van der Waals surface area contributed by atoms with Crippen LogP contribution in [0.3, 0.4) is 0 Å². The van der Waals surface area contributed by atoms with E-state index in [1.54, 1.807) is 0 Å². The molecule has 0 bridgehead atoms. The molecule has 1 heterocycles. The topological polar surface area (TPSA) is 81.0 Å². The average molecular weight is 271 g/mol. The Morgan fingerprint density at radius 1 is 1.16 bits per heavy atom. The number of carboxylic acids is 1. The number of likely N-dealkylation sites (tertiary alicyclic amines) is 1. The van der Waals surface area contributed by atoms with Crippen LogP contribution in [0.1, 0.15) is 38.5 Å². The zero-order valence-corrected chi connectivity index (χ0v) is 11.4. The number of hydrogen-bond acceptors (Lipinski definition) is 4. The summed E-state index contributed by atoms with van der Waals surface area (Å²) in [6.45, 7) is 2.77. The number of carbonyl (C=O) groups is 1. The van der Waals surface area contributed by atoms with Gasteiger partial charge in [0.2, 0.25) is 0 Å². The third-order valence-electron chi connectivity index (χ3n) is 4.75. The molecule has 1 saturated heterocycles. The molecule has 5 nitrogen and oxygen atoms in total. The molecule has 1 saturated carbocycles. The first-order valence-electron chi connectivity index (χ1n) is 7.31. The van der Waals surface area contributed by atoms with Crippen LogP contribution in [0.5, 0.6) is 0 Å². The summed E-state index contributed by atoms with van der Waals surface area (Å²) in [5.41, 5.74) is -0.710. The number of aliphatic hydroxyl groups excluding tert-OH is 1. The number of carboxylic acid groups (broad SMARTS) is 1. The Morgan fingerprint density at radius 3 is 2.21 bits per heavy atom. The molecule has 1 aliphatic carbocycles. The maximum Gasteiger partial charge on any atom is 0.306 e. The van der Waals surface area contributed by atoms with Crippen molar-refractivity contribution in [3.63, 3.8) is 0 Å². The molecule has 0 aromatic rings. The highest BCUT2D eigenvalue weighted by Gasteiger charge is 2.37. The predicted octanol–water partition coefficient (Wildman–Crippen LogP) is 0.697. The van der Waals surface area contributed by atoms with Crippen molar-refractivity contribution in [1.82, 2.24) is 4.90 Å². The second-order valence-corrected chi connectivity index (χ2v) is 6.24. The second-order valence-electron chi connectivity index (χ2n) is 6.24. The molecule has 19 heavy (non-hydrogen) atoms. The van der Waals surface area contributed by atoms with E-state index in [9.17, 15) is 9.90 Å². The Morgan fingerprint density at radius 2 is 1.74 bits per heavy atom. The summed E-state index contributed by atoms with van der Waals surface area (Å²) in [6, 6.07) is 0. The van der Waals surface area contributed by atoms with Crippen LogP contribution in [0.2, 0.25) is 0 Å². The molecule has 110 valence electrons. The molecule has 0 spiro atoms. The van der Waals surface area contributed by atoms with Crippen molar-refractivity contribution in [1.29, 1.82) is 0 Å². The van der Waals surface area contributed by atoms with E-state index in [4.69, 9.17) is 10.2 Å². The molecule has 0 aromatic heterocycles. The van der Waals surface area contributed by atoms with Crippen LogP contribution in [0.25, 0.3) is 0 Å². The summed E-state index contributed by atoms with van der Waals surface area (Å²) in [5, 5.41) is 28.6. The number of nitrogens with zero attached hydrogens (tertiary/aromatic N) is 1. The lowest BCUT2D eigenvalue weighted by Crippen LogP contribution is -2.48. The maximum absolute atomic E-state index is 10.9. The summed E-state index contributed by atoms with van der Waals surface area (Å²) in [6.07, 6.45) is 4.32. The predicted molar refractivity (Wildman–Crippen MR) is 70.8 cm³/mol. The van der Waals surface area contributed by atoms with E-state index in [0.29, 0.717) is 38.1 Å². The van der Waals surface area contributed by atoms with Crippen molar-refractivity contribution in [3.8, 4) is 0 Å². The highest BCUT2D eigenvalue weighted by molar-refractivity contribution is 5.70. The molecule has 0 unspecified atom stereocenters. The molecule has 2 fully saturated rings. The molecule has 3 N–H and O–H groups in total. The van der Waals surface area contributed by atoms with Gasteiger partial charge in [0, 0.05) is 13.2 Å². The van der Waals surface area contributed by atoms with E-state index in [-0.39, 0.29) is 12.5 Å². The smallest absolute Gasteiger partial charge is 0.306 e. The molecule has 2 aliphatic rings. The number of rotatable bonds is 4. The third kappa shape index (κ3) is 3.91. The second kappa shape index (κ2) is 6.20. The fourth-order valence-electron chi connectivity index (χ4n) is 3.30. The lowest BCUT2D eigenvalue weighted by molar-refractivity contribution is -0.145.